The number of aromatic nitrogens is 2. The second-order valence-electron chi connectivity index (χ2n) is 4.65. The normalized spacial score (nSPS) is 10.3. The topological polar surface area (TPSA) is 73.3 Å². The van der Waals surface area contributed by atoms with Gasteiger partial charge in [-0.25, -0.2) is 0 Å². The number of benzene rings is 1. The highest BCUT2D eigenvalue weighted by Gasteiger charge is 2.13. The van der Waals surface area contributed by atoms with Crippen molar-refractivity contribution in [2.45, 2.75) is 26.7 Å². The minimum atomic E-state index is -0.255. The van der Waals surface area contributed by atoms with Crippen molar-refractivity contribution < 1.29 is 14.3 Å². The molecule has 1 amide bonds. The molecule has 1 N–H and O–H groups in total. The zero-order chi connectivity index (χ0) is 15.9. The van der Waals surface area contributed by atoms with Crippen LogP contribution in [-0.4, -0.2) is 29.8 Å². The second kappa shape index (κ2) is 7.74. The first-order valence-corrected chi connectivity index (χ1v) is 7.88. The van der Waals surface area contributed by atoms with Gasteiger partial charge in [0.1, 0.15) is 5.01 Å². The molecule has 7 heteroatoms. The van der Waals surface area contributed by atoms with E-state index in [1.807, 2.05) is 6.92 Å². The minimum Gasteiger partial charge on any atom is -0.493 e. The number of methoxy groups -OCH3 is 1. The second-order valence-corrected chi connectivity index (χ2v) is 5.83. The summed E-state index contributed by atoms with van der Waals surface area (Å²) in [5, 5.41) is 11.7. The number of aryl methyl sites for hydroxylation is 1. The van der Waals surface area contributed by atoms with Crippen molar-refractivity contribution in [3.05, 3.63) is 28.8 Å². The molecule has 1 aromatic heterocycles. The van der Waals surface area contributed by atoms with Crippen molar-refractivity contribution in [2.24, 2.45) is 0 Å². The van der Waals surface area contributed by atoms with E-state index in [1.165, 1.54) is 11.3 Å². The molecule has 0 fully saturated rings. The number of carbonyl (C=O) groups is 1. The van der Waals surface area contributed by atoms with Gasteiger partial charge in [-0.1, -0.05) is 24.7 Å². The summed E-state index contributed by atoms with van der Waals surface area (Å²) in [4.78, 5) is 12.2. The van der Waals surface area contributed by atoms with Crippen molar-refractivity contribution in [1.29, 1.82) is 0 Å². The summed E-state index contributed by atoms with van der Waals surface area (Å²) < 4.78 is 10.9. The molecule has 0 atom stereocenters. The molecule has 1 aromatic carbocycles. The lowest BCUT2D eigenvalue weighted by Crippen LogP contribution is -2.12. The maximum Gasteiger partial charge on any atom is 0.257 e. The Hall–Kier alpha value is -2.15. The highest BCUT2D eigenvalue weighted by molar-refractivity contribution is 7.15. The average molecular weight is 321 g/mol. The molecule has 22 heavy (non-hydrogen) atoms. The van der Waals surface area contributed by atoms with Gasteiger partial charge in [-0.05, 0) is 31.5 Å². The maximum absolute atomic E-state index is 12.2. The average Bonchev–Trinajstić information content (AvgIpc) is 2.92. The SMILES string of the molecule is CCCCOc1ccc(C(=O)Nc2nnc(C)s2)cc1OC. The maximum atomic E-state index is 12.2. The third kappa shape index (κ3) is 4.17. The molecule has 0 aliphatic rings. The Kier molecular flexibility index (Phi) is 5.71. The van der Waals surface area contributed by atoms with Crippen LogP contribution in [0, 0.1) is 6.92 Å². The summed E-state index contributed by atoms with van der Waals surface area (Å²) in [6.45, 7) is 4.56. The first kappa shape index (κ1) is 16.2. The number of ether oxygens (including phenoxy) is 2. The van der Waals surface area contributed by atoms with Crippen LogP contribution in [-0.2, 0) is 0 Å². The van der Waals surface area contributed by atoms with Crippen LogP contribution in [0.5, 0.6) is 11.5 Å². The Bertz CT molecular complexity index is 643. The van der Waals surface area contributed by atoms with Crippen molar-refractivity contribution in [3.8, 4) is 11.5 Å². The number of rotatable bonds is 7. The van der Waals surface area contributed by atoms with Crippen LogP contribution in [0.4, 0.5) is 5.13 Å². The van der Waals surface area contributed by atoms with Gasteiger partial charge in [0.2, 0.25) is 5.13 Å². The minimum absolute atomic E-state index is 0.255. The summed E-state index contributed by atoms with van der Waals surface area (Å²) in [5.74, 6) is 0.922. The number of amides is 1. The van der Waals surface area contributed by atoms with Gasteiger partial charge in [0.15, 0.2) is 11.5 Å². The third-order valence-electron chi connectivity index (χ3n) is 2.93. The standard InChI is InChI=1S/C15H19N3O3S/c1-4-5-8-21-12-7-6-11(9-13(12)20-3)14(19)16-15-18-17-10(2)22-15/h6-7,9H,4-5,8H2,1-3H3,(H,16,18,19). The molecule has 118 valence electrons. The number of hydrogen-bond donors (Lipinski definition) is 1. The molecular formula is C15H19N3O3S. The summed E-state index contributed by atoms with van der Waals surface area (Å²) >= 11 is 1.33. The Balaban J connectivity index is 2.09. The van der Waals surface area contributed by atoms with Gasteiger partial charge in [-0.15, -0.1) is 10.2 Å². The fraction of sp³-hybridized carbons (Fsp3) is 0.400. The Morgan fingerprint density at radius 1 is 1.32 bits per heavy atom. The van der Waals surface area contributed by atoms with Crippen LogP contribution in [0.1, 0.15) is 35.1 Å². The Morgan fingerprint density at radius 2 is 2.14 bits per heavy atom. The van der Waals surface area contributed by atoms with E-state index in [4.69, 9.17) is 9.47 Å². The highest BCUT2D eigenvalue weighted by atomic mass is 32.1. The lowest BCUT2D eigenvalue weighted by molar-refractivity contribution is 0.102. The summed E-state index contributed by atoms with van der Waals surface area (Å²) in [6, 6.07) is 5.10. The molecular weight excluding hydrogens is 302 g/mol. The van der Waals surface area contributed by atoms with E-state index >= 15 is 0 Å². The number of anilines is 1. The van der Waals surface area contributed by atoms with Gasteiger partial charge in [-0.3, -0.25) is 10.1 Å². The van der Waals surface area contributed by atoms with E-state index in [0.717, 1.165) is 17.8 Å². The number of hydrogen-bond acceptors (Lipinski definition) is 6. The molecule has 0 bridgehead atoms. The van der Waals surface area contributed by atoms with Gasteiger partial charge in [0, 0.05) is 5.56 Å². The van der Waals surface area contributed by atoms with E-state index in [0.29, 0.717) is 28.8 Å². The van der Waals surface area contributed by atoms with Gasteiger partial charge in [-0.2, -0.15) is 0 Å². The predicted octanol–water partition coefficient (Wildman–Crippen LogP) is 3.29. The van der Waals surface area contributed by atoms with Crippen LogP contribution in [0.15, 0.2) is 18.2 Å². The van der Waals surface area contributed by atoms with Gasteiger partial charge < -0.3 is 9.47 Å². The van der Waals surface area contributed by atoms with Crippen molar-refractivity contribution in [1.82, 2.24) is 10.2 Å². The van der Waals surface area contributed by atoms with E-state index in [-0.39, 0.29) is 5.91 Å². The molecule has 0 aliphatic heterocycles. The number of carbonyl (C=O) groups excluding carboxylic acids is 1. The van der Waals surface area contributed by atoms with Crippen LogP contribution in [0.2, 0.25) is 0 Å². The van der Waals surface area contributed by atoms with Crippen molar-refractivity contribution in [3.63, 3.8) is 0 Å². The summed E-state index contributed by atoms with van der Waals surface area (Å²) in [6.07, 6.45) is 2.03. The molecule has 2 aromatic rings. The predicted molar refractivity (Wildman–Crippen MR) is 86.0 cm³/mol. The molecule has 1 heterocycles. The molecule has 0 saturated carbocycles. The molecule has 0 radical (unpaired) electrons. The summed E-state index contributed by atoms with van der Waals surface area (Å²) in [5.41, 5.74) is 0.479. The van der Waals surface area contributed by atoms with E-state index < -0.39 is 0 Å². The quantitative estimate of drug-likeness (QED) is 0.792. The Morgan fingerprint density at radius 3 is 2.77 bits per heavy atom. The lowest BCUT2D eigenvalue weighted by atomic mass is 10.2. The number of nitrogens with zero attached hydrogens (tertiary/aromatic N) is 2. The number of nitrogens with one attached hydrogen (secondary N) is 1. The zero-order valence-corrected chi connectivity index (χ0v) is 13.7. The number of unbranched alkanes of at least 4 members (excludes halogenated alkanes) is 1. The first-order chi connectivity index (χ1) is 10.6. The van der Waals surface area contributed by atoms with Crippen LogP contribution in [0.3, 0.4) is 0 Å². The lowest BCUT2D eigenvalue weighted by Gasteiger charge is -2.11. The Labute approximate surface area is 133 Å². The van der Waals surface area contributed by atoms with Crippen LogP contribution in [0.25, 0.3) is 0 Å². The highest BCUT2D eigenvalue weighted by Crippen LogP contribution is 2.28. The van der Waals surface area contributed by atoms with E-state index in [2.05, 4.69) is 22.4 Å². The van der Waals surface area contributed by atoms with Crippen LogP contribution >= 0.6 is 11.3 Å². The molecule has 0 saturated heterocycles. The fourth-order valence-corrected chi connectivity index (χ4v) is 2.36. The zero-order valence-electron chi connectivity index (χ0n) is 12.9. The van der Waals surface area contributed by atoms with Gasteiger partial charge >= 0.3 is 0 Å². The van der Waals surface area contributed by atoms with Crippen molar-refractivity contribution >= 4 is 22.4 Å². The molecule has 0 spiro atoms. The third-order valence-corrected chi connectivity index (χ3v) is 3.68. The smallest absolute Gasteiger partial charge is 0.257 e. The first-order valence-electron chi connectivity index (χ1n) is 7.06. The molecule has 6 nitrogen and oxygen atoms in total. The molecule has 2 rings (SSSR count). The monoisotopic (exact) mass is 321 g/mol. The van der Waals surface area contributed by atoms with Gasteiger partial charge in [0.05, 0.1) is 13.7 Å². The van der Waals surface area contributed by atoms with Crippen LogP contribution < -0.4 is 14.8 Å². The van der Waals surface area contributed by atoms with Gasteiger partial charge in [0.25, 0.3) is 5.91 Å². The fourth-order valence-electron chi connectivity index (χ4n) is 1.77. The molecule has 0 unspecified atom stereocenters. The van der Waals surface area contributed by atoms with E-state index in [1.54, 1.807) is 25.3 Å². The molecule has 0 aliphatic carbocycles. The van der Waals surface area contributed by atoms with Crippen molar-refractivity contribution in [2.75, 3.05) is 19.0 Å². The summed E-state index contributed by atoms with van der Waals surface area (Å²) in [7, 11) is 1.55. The van der Waals surface area contributed by atoms with E-state index in [9.17, 15) is 4.79 Å². The largest absolute Gasteiger partial charge is 0.493 e.